The summed E-state index contributed by atoms with van der Waals surface area (Å²) < 4.78 is 0. The predicted octanol–water partition coefficient (Wildman–Crippen LogP) is 2.83. The number of hydrogen-bond acceptors (Lipinski definition) is 3. The normalized spacial score (nSPS) is 10.6. The number of hydrogen-bond donors (Lipinski definition) is 3. The van der Waals surface area contributed by atoms with Crippen LogP contribution in [-0.4, -0.2) is 10.2 Å². The number of aliphatic hydroxyl groups is 1. The second kappa shape index (κ2) is 6.57. The molecule has 2 rings (SSSR count). The van der Waals surface area contributed by atoms with Crippen LogP contribution in [0.2, 0.25) is 5.02 Å². The van der Waals surface area contributed by atoms with Gasteiger partial charge in [0.25, 0.3) is 0 Å². The molecule has 3 N–H and O–H groups in total. The number of aliphatic hydroxyl groups excluding tert-OH is 1. The summed E-state index contributed by atoms with van der Waals surface area (Å²) in [6.07, 6.45) is 0. The van der Waals surface area contributed by atoms with Gasteiger partial charge in [-0.3, -0.25) is 0 Å². The number of halogens is 1. The molecule has 0 unspecified atom stereocenters. The fourth-order valence-corrected chi connectivity index (χ4v) is 1.99. The minimum atomic E-state index is 0.0596. The lowest BCUT2D eigenvalue weighted by atomic mass is 10.1. The zero-order chi connectivity index (χ0) is 13.7. The number of phenolic OH excluding ortho intramolecular Hbond substituents is 1. The summed E-state index contributed by atoms with van der Waals surface area (Å²) in [5.41, 5.74) is 2.80. The highest BCUT2D eigenvalue weighted by Crippen LogP contribution is 2.21. The third kappa shape index (κ3) is 3.96. The van der Waals surface area contributed by atoms with E-state index in [1.165, 1.54) is 0 Å². The van der Waals surface area contributed by atoms with Gasteiger partial charge in [0.2, 0.25) is 0 Å². The summed E-state index contributed by atoms with van der Waals surface area (Å²) in [4.78, 5) is 0. The van der Waals surface area contributed by atoms with Gasteiger partial charge in [0.1, 0.15) is 5.75 Å². The number of phenols is 1. The van der Waals surface area contributed by atoms with E-state index in [1.807, 2.05) is 24.3 Å². The van der Waals surface area contributed by atoms with Gasteiger partial charge in [-0.1, -0.05) is 35.9 Å². The van der Waals surface area contributed by atoms with Gasteiger partial charge in [-0.15, -0.1) is 0 Å². The lowest BCUT2D eigenvalue weighted by Crippen LogP contribution is -2.12. The maximum atomic E-state index is 9.67. The van der Waals surface area contributed by atoms with Crippen molar-refractivity contribution in [3.05, 3.63) is 64.2 Å². The maximum Gasteiger partial charge on any atom is 0.120 e. The van der Waals surface area contributed by atoms with Crippen molar-refractivity contribution in [3.63, 3.8) is 0 Å². The Morgan fingerprint density at radius 3 is 2.32 bits per heavy atom. The van der Waals surface area contributed by atoms with Crippen molar-refractivity contribution in [2.45, 2.75) is 19.7 Å². The van der Waals surface area contributed by atoms with Gasteiger partial charge < -0.3 is 15.5 Å². The molecule has 0 aliphatic heterocycles. The highest BCUT2D eigenvalue weighted by Gasteiger charge is 2.02. The van der Waals surface area contributed by atoms with Gasteiger partial charge >= 0.3 is 0 Å². The molecule has 0 saturated carbocycles. The third-order valence-corrected chi connectivity index (χ3v) is 3.13. The van der Waals surface area contributed by atoms with Crippen LogP contribution in [0.15, 0.2) is 42.5 Å². The fourth-order valence-electron chi connectivity index (χ4n) is 1.80. The van der Waals surface area contributed by atoms with Gasteiger partial charge in [-0.05, 0) is 29.3 Å². The molecule has 0 amide bonds. The number of nitrogens with one attached hydrogen (secondary N) is 1. The minimum Gasteiger partial charge on any atom is -0.508 e. The van der Waals surface area contributed by atoms with E-state index in [0.717, 1.165) is 16.7 Å². The first-order valence-electron chi connectivity index (χ1n) is 6.06. The Hall–Kier alpha value is -1.55. The van der Waals surface area contributed by atoms with Crippen LogP contribution in [0.25, 0.3) is 0 Å². The molecule has 2 aromatic carbocycles. The van der Waals surface area contributed by atoms with Crippen LogP contribution in [0, 0.1) is 0 Å². The SMILES string of the molecule is OCc1ccc(CNCc2cc(Cl)ccc2O)cc1. The molecule has 0 spiro atoms. The van der Waals surface area contributed by atoms with E-state index in [0.29, 0.717) is 18.1 Å². The first-order chi connectivity index (χ1) is 9.19. The van der Waals surface area contributed by atoms with Crippen LogP contribution in [0.5, 0.6) is 5.75 Å². The number of benzene rings is 2. The van der Waals surface area contributed by atoms with Gasteiger partial charge in [0, 0.05) is 23.7 Å². The predicted molar refractivity (Wildman–Crippen MR) is 76.0 cm³/mol. The van der Waals surface area contributed by atoms with E-state index in [1.54, 1.807) is 18.2 Å². The molecular formula is C15H16ClNO2. The molecule has 3 nitrogen and oxygen atoms in total. The first-order valence-corrected chi connectivity index (χ1v) is 6.43. The van der Waals surface area contributed by atoms with Gasteiger partial charge in [-0.25, -0.2) is 0 Å². The third-order valence-electron chi connectivity index (χ3n) is 2.89. The smallest absolute Gasteiger partial charge is 0.120 e. The van der Waals surface area contributed by atoms with Crippen molar-refractivity contribution in [1.29, 1.82) is 0 Å². The molecular weight excluding hydrogens is 262 g/mol. The van der Waals surface area contributed by atoms with Crippen molar-refractivity contribution < 1.29 is 10.2 Å². The fraction of sp³-hybridized carbons (Fsp3) is 0.200. The van der Waals surface area contributed by atoms with Gasteiger partial charge in [-0.2, -0.15) is 0 Å². The molecule has 0 fully saturated rings. The Balaban J connectivity index is 1.90. The Morgan fingerprint density at radius 1 is 0.947 bits per heavy atom. The highest BCUT2D eigenvalue weighted by molar-refractivity contribution is 6.30. The summed E-state index contributed by atoms with van der Waals surface area (Å²) in [5.74, 6) is 0.243. The Kier molecular flexibility index (Phi) is 4.80. The lowest BCUT2D eigenvalue weighted by molar-refractivity contribution is 0.282. The summed E-state index contributed by atoms with van der Waals surface area (Å²) in [7, 11) is 0. The molecule has 100 valence electrons. The van der Waals surface area contributed by atoms with Crippen LogP contribution in [-0.2, 0) is 19.7 Å². The second-order valence-electron chi connectivity index (χ2n) is 4.35. The standard InChI is InChI=1S/C15H16ClNO2/c16-14-5-6-15(19)13(7-14)9-17-8-11-1-3-12(10-18)4-2-11/h1-7,17-19H,8-10H2. The van der Waals surface area contributed by atoms with E-state index < -0.39 is 0 Å². The Morgan fingerprint density at radius 2 is 1.63 bits per heavy atom. The average molecular weight is 278 g/mol. The average Bonchev–Trinajstić information content (AvgIpc) is 2.43. The van der Waals surface area contributed by atoms with E-state index in [-0.39, 0.29) is 12.4 Å². The van der Waals surface area contributed by atoms with Crippen molar-refractivity contribution in [2.75, 3.05) is 0 Å². The van der Waals surface area contributed by atoms with E-state index >= 15 is 0 Å². The molecule has 0 saturated heterocycles. The largest absolute Gasteiger partial charge is 0.508 e. The van der Waals surface area contributed by atoms with Crippen molar-refractivity contribution in [2.24, 2.45) is 0 Å². The maximum absolute atomic E-state index is 9.67. The monoisotopic (exact) mass is 277 g/mol. The molecule has 0 radical (unpaired) electrons. The highest BCUT2D eigenvalue weighted by atomic mass is 35.5. The van der Waals surface area contributed by atoms with Crippen molar-refractivity contribution in [1.82, 2.24) is 5.32 Å². The Bertz CT molecular complexity index is 540. The van der Waals surface area contributed by atoms with Crippen LogP contribution in [0.3, 0.4) is 0 Å². The summed E-state index contributed by atoms with van der Waals surface area (Å²) >= 11 is 5.88. The van der Waals surface area contributed by atoms with E-state index in [2.05, 4.69) is 5.32 Å². The number of rotatable bonds is 5. The topological polar surface area (TPSA) is 52.5 Å². The molecule has 0 aliphatic rings. The molecule has 19 heavy (non-hydrogen) atoms. The minimum absolute atomic E-state index is 0.0596. The Labute approximate surface area is 117 Å². The number of aromatic hydroxyl groups is 1. The summed E-state index contributed by atoms with van der Waals surface area (Å²) in [5, 5.41) is 22.5. The van der Waals surface area contributed by atoms with Crippen LogP contribution in [0.1, 0.15) is 16.7 Å². The molecule has 0 atom stereocenters. The lowest BCUT2D eigenvalue weighted by Gasteiger charge is -2.08. The molecule has 0 aromatic heterocycles. The first kappa shape index (κ1) is 13.9. The van der Waals surface area contributed by atoms with Crippen LogP contribution in [0.4, 0.5) is 0 Å². The summed E-state index contributed by atoms with van der Waals surface area (Å²) in [6.45, 7) is 1.30. The van der Waals surface area contributed by atoms with Gasteiger partial charge in [0.05, 0.1) is 6.61 Å². The summed E-state index contributed by atoms with van der Waals surface area (Å²) in [6, 6.07) is 12.7. The molecule has 0 aliphatic carbocycles. The second-order valence-corrected chi connectivity index (χ2v) is 4.79. The zero-order valence-electron chi connectivity index (χ0n) is 10.4. The van der Waals surface area contributed by atoms with E-state index in [4.69, 9.17) is 16.7 Å². The van der Waals surface area contributed by atoms with Crippen LogP contribution < -0.4 is 5.32 Å². The van der Waals surface area contributed by atoms with Crippen molar-refractivity contribution in [3.8, 4) is 5.75 Å². The van der Waals surface area contributed by atoms with Gasteiger partial charge in [0.15, 0.2) is 0 Å². The molecule has 0 bridgehead atoms. The quantitative estimate of drug-likeness (QED) is 0.788. The van der Waals surface area contributed by atoms with Crippen LogP contribution >= 0.6 is 11.6 Å². The molecule has 2 aromatic rings. The zero-order valence-corrected chi connectivity index (χ0v) is 11.2. The van der Waals surface area contributed by atoms with E-state index in [9.17, 15) is 5.11 Å². The van der Waals surface area contributed by atoms with Crippen molar-refractivity contribution >= 4 is 11.6 Å². The molecule has 4 heteroatoms. The molecule has 0 heterocycles.